The Balaban J connectivity index is 1.15. The molecule has 0 saturated carbocycles. The summed E-state index contributed by atoms with van der Waals surface area (Å²) in [5.74, 6) is 0.00979. The van der Waals surface area contributed by atoms with E-state index in [0.29, 0.717) is 68.7 Å². The molecule has 4 aromatic rings. The first-order valence-corrected chi connectivity index (χ1v) is 17.0. The molecule has 0 spiro atoms. The first-order valence-electron chi connectivity index (χ1n) is 17.0. The zero-order chi connectivity index (χ0) is 35.8. The quantitative estimate of drug-likeness (QED) is 0.150. The number of carbonyl (C=O) groups excluding carboxylic acids is 1. The molecule has 272 valence electrons. The third kappa shape index (κ3) is 9.40. The van der Waals surface area contributed by atoms with Crippen LogP contribution in [0.25, 0.3) is 10.8 Å². The van der Waals surface area contributed by atoms with Crippen LogP contribution in [0.5, 0.6) is 11.5 Å². The minimum atomic E-state index is -4.87. The van der Waals surface area contributed by atoms with Crippen LogP contribution in [0.4, 0.5) is 29.1 Å². The molecule has 2 fully saturated rings. The molecule has 51 heavy (non-hydrogen) atoms. The Hall–Kier alpha value is -4.60. The molecule has 0 atom stereocenters. The number of aromatic nitrogens is 3. The molecule has 1 amide bonds. The molecule has 0 bridgehead atoms. The number of unbranched alkanes of at least 4 members (excludes halogenated alkanes) is 1. The minimum absolute atomic E-state index is 0.0371. The van der Waals surface area contributed by atoms with E-state index < -0.39 is 23.5 Å². The van der Waals surface area contributed by atoms with E-state index in [4.69, 9.17) is 14.2 Å². The number of rotatable bonds is 13. The number of fused-ring (bicyclic) bond motifs is 1. The number of anilines is 2. The van der Waals surface area contributed by atoms with Crippen LogP contribution in [-0.2, 0) is 22.1 Å². The highest BCUT2D eigenvalue weighted by atomic mass is 19.4. The van der Waals surface area contributed by atoms with Crippen molar-refractivity contribution in [3.05, 3.63) is 77.5 Å². The Morgan fingerprint density at radius 2 is 1.65 bits per heavy atom. The number of alkyl halides is 3. The number of piperazine rings is 1. The summed E-state index contributed by atoms with van der Waals surface area (Å²) in [6, 6.07) is 10.2. The second kappa shape index (κ2) is 16.6. The van der Waals surface area contributed by atoms with E-state index in [9.17, 15) is 22.4 Å². The molecule has 2 aliphatic rings. The molecule has 15 heteroatoms. The highest BCUT2D eigenvalue weighted by Gasteiger charge is 2.34. The third-order valence-corrected chi connectivity index (χ3v) is 9.07. The fraction of sp³-hybridized carbons (Fsp3) is 0.444. The van der Waals surface area contributed by atoms with Crippen molar-refractivity contribution in [3.63, 3.8) is 0 Å². The lowest BCUT2D eigenvalue weighted by Crippen LogP contribution is -2.49. The molecule has 0 radical (unpaired) electrons. The smallest absolute Gasteiger partial charge is 0.419 e. The van der Waals surface area contributed by atoms with Gasteiger partial charge in [0.2, 0.25) is 5.91 Å². The summed E-state index contributed by atoms with van der Waals surface area (Å²) in [4.78, 5) is 23.3. The fourth-order valence-electron chi connectivity index (χ4n) is 6.32. The lowest BCUT2D eigenvalue weighted by molar-refractivity contribution is -0.140. The van der Waals surface area contributed by atoms with Crippen LogP contribution >= 0.6 is 0 Å². The number of benzene rings is 2. The topological polar surface area (TPSA) is 105 Å². The highest BCUT2D eigenvalue weighted by Crippen LogP contribution is 2.38. The van der Waals surface area contributed by atoms with Crippen LogP contribution in [0, 0.1) is 5.82 Å². The second-order valence-corrected chi connectivity index (χ2v) is 12.6. The van der Waals surface area contributed by atoms with Crippen LogP contribution in [0.3, 0.4) is 0 Å². The normalized spacial score (nSPS) is 16.0. The van der Waals surface area contributed by atoms with Gasteiger partial charge >= 0.3 is 6.18 Å². The summed E-state index contributed by atoms with van der Waals surface area (Å²) in [6.07, 6.45) is 1.04. The molecular formula is C36H41F4N7O4. The van der Waals surface area contributed by atoms with Crippen molar-refractivity contribution in [2.45, 2.75) is 25.4 Å². The van der Waals surface area contributed by atoms with Gasteiger partial charge in [-0.25, -0.2) is 4.39 Å². The summed E-state index contributed by atoms with van der Waals surface area (Å²) in [6.45, 7) is 6.99. The van der Waals surface area contributed by atoms with Crippen molar-refractivity contribution in [3.8, 4) is 11.5 Å². The maximum Gasteiger partial charge on any atom is 0.419 e. The summed E-state index contributed by atoms with van der Waals surface area (Å²) in [7, 11) is 1.62. The highest BCUT2D eigenvalue weighted by molar-refractivity contribution is 5.96. The molecular weight excluding hydrogens is 670 g/mol. The van der Waals surface area contributed by atoms with Gasteiger partial charge in [-0.2, -0.15) is 18.3 Å². The van der Waals surface area contributed by atoms with Gasteiger partial charge < -0.3 is 24.4 Å². The minimum Gasteiger partial charge on any atom is -0.493 e. The number of nitrogens with zero attached hydrogens (tertiary/aromatic N) is 6. The Morgan fingerprint density at radius 3 is 2.37 bits per heavy atom. The molecule has 2 aromatic carbocycles. The van der Waals surface area contributed by atoms with E-state index in [1.807, 2.05) is 29.2 Å². The fourth-order valence-corrected chi connectivity index (χ4v) is 6.32. The zero-order valence-corrected chi connectivity index (χ0v) is 28.4. The zero-order valence-electron chi connectivity index (χ0n) is 28.4. The van der Waals surface area contributed by atoms with Crippen LogP contribution in [-0.4, -0.2) is 110 Å². The number of amides is 1. The Labute approximate surface area is 293 Å². The molecule has 6 rings (SSSR count). The predicted octanol–water partition coefficient (Wildman–Crippen LogP) is 5.03. The molecule has 2 aliphatic heterocycles. The number of pyridine rings is 1. The van der Waals surface area contributed by atoms with Gasteiger partial charge in [0.25, 0.3) is 0 Å². The van der Waals surface area contributed by atoms with Crippen LogP contribution in [0.2, 0.25) is 0 Å². The summed E-state index contributed by atoms with van der Waals surface area (Å²) < 4.78 is 70.6. The summed E-state index contributed by atoms with van der Waals surface area (Å²) >= 11 is 0. The van der Waals surface area contributed by atoms with E-state index >= 15 is 0 Å². The lowest BCUT2D eigenvalue weighted by Gasteiger charge is -2.35. The molecule has 11 nitrogen and oxygen atoms in total. The second-order valence-electron chi connectivity index (χ2n) is 12.6. The standard InChI is InChI=1S/C36H41F4N7O4/c1-49-32-22-27-28(23-33(32)51-17-3-2-10-45-15-18-50-19-16-45)35(44-43-31(27)20-25-6-8-41-9-7-25)47-13-11-46(12-14-47)24-34(48)42-26-4-5-30(37)29(21-26)36(38,39)40/h4-9,21-23H,2-3,10-20,24H2,1H3,(H,42,48). The van der Waals surface area contributed by atoms with Crippen molar-refractivity contribution >= 4 is 28.2 Å². The number of hydrogen-bond acceptors (Lipinski definition) is 10. The maximum atomic E-state index is 13.7. The Bertz CT molecular complexity index is 1780. The molecule has 4 heterocycles. The van der Waals surface area contributed by atoms with Crippen molar-refractivity contribution in [1.82, 2.24) is 25.0 Å². The summed E-state index contributed by atoms with van der Waals surface area (Å²) in [5, 5.41) is 13.5. The van der Waals surface area contributed by atoms with E-state index in [-0.39, 0.29) is 12.2 Å². The Morgan fingerprint density at radius 1 is 0.902 bits per heavy atom. The molecule has 0 aliphatic carbocycles. The average molecular weight is 712 g/mol. The number of methoxy groups -OCH3 is 1. The third-order valence-electron chi connectivity index (χ3n) is 9.07. The largest absolute Gasteiger partial charge is 0.493 e. The van der Waals surface area contributed by atoms with Gasteiger partial charge in [0.05, 0.1) is 44.7 Å². The number of carbonyl (C=O) groups is 1. The van der Waals surface area contributed by atoms with Gasteiger partial charge in [-0.15, -0.1) is 5.10 Å². The number of nitrogens with one attached hydrogen (secondary N) is 1. The lowest BCUT2D eigenvalue weighted by atomic mass is 10.0. The van der Waals surface area contributed by atoms with Crippen molar-refractivity contribution in [1.29, 1.82) is 0 Å². The van der Waals surface area contributed by atoms with E-state index in [1.165, 1.54) is 0 Å². The first-order chi connectivity index (χ1) is 24.7. The van der Waals surface area contributed by atoms with Gasteiger partial charge in [-0.05, 0) is 67.4 Å². The van der Waals surface area contributed by atoms with Gasteiger partial charge in [-0.3, -0.25) is 19.6 Å². The molecule has 2 aromatic heterocycles. The van der Waals surface area contributed by atoms with Crippen molar-refractivity contribution in [2.75, 3.05) is 89.5 Å². The monoisotopic (exact) mass is 711 g/mol. The van der Waals surface area contributed by atoms with Crippen LogP contribution < -0.4 is 19.7 Å². The van der Waals surface area contributed by atoms with Crippen molar-refractivity contribution < 1.29 is 36.6 Å². The predicted molar refractivity (Wildman–Crippen MR) is 184 cm³/mol. The van der Waals surface area contributed by atoms with E-state index in [1.54, 1.807) is 19.5 Å². The van der Waals surface area contributed by atoms with Gasteiger partial charge in [0.15, 0.2) is 17.3 Å². The number of ether oxygens (including phenoxy) is 3. The number of hydrogen-bond donors (Lipinski definition) is 1. The molecule has 2 saturated heterocycles. The van der Waals surface area contributed by atoms with Gasteiger partial charge in [-0.1, -0.05) is 0 Å². The number of halogens is 4. The van der Waals surface area contributed by atoms with E-state index in [0.717, 1.165) is 73.8 Å². The van der Waals surface area contributed by atoms with Crippen LogP contribution in [0.15, 0.2) is 54.9 Å². The summed E-state index contributed by atoms with van der Waals surface area (Å²) in [5.41, 5.74) is 0.269. The maximum absolute atomic E-state index is 13.7. The van der Waals surface area contributed by atoms with Gasteiger partial charge in [0, 0.05) is 74.5 Å². The molecule has 1 N–H and O–H groups in total. The number of morpholine rings is 1. The van der Waals surface area contributed by atoms with Gasteiger partial charge in [0.1, 0.15) is 5.82 Å². The Kier molecular flexibility index (Phi) is 11.8. The first kappa shape index (κ1) is 36.2. The average Bonchev–Trinajstić information content (AvgIpc) is 3.13. The SMILES string of the molecule is COc1cc2c(Cc3ccncc3)nnc(N3CCN(CC(=O)Nc4ccc(F)c(C(F)(F)F)c4)CC3)c2cc1OCCCCN1CCOCC1. The molecule has 0 unspecified atom stereocenters. The van der Waals surface area contributed by atoms with E-state index in [2.05, 4.69) is 30.3 Å². The van der Waals surface area contributed by atoms with Crippen LogP contribution in [0.1, 0.15) is 29.7 Å². The van der Waals surface area contributed by atoms with Crippen molar-refractivity contribution in [2.24, 2.45) is 0 Å².